The van der Waals surface area contributed by atoms with Crippen LogP contribution in [0.1, 0.15) is 19.3 Å². The van der Waals surface area contributed by atoms with Crippen LogP contribution in [0.15, 0.2) is 0 Å². The number of hydrogen-bond donors (Lipinski definition) is 2. The molecule has 1 amide bonds. The van der Waals surface area contributed by atoms with Crippen molar-refractivity contribution >= 4 is 18.7 Å². The highest BCUT2D eigenvalue weighted by Crippen LogP contribution is 2.13. The maximum atomic E-state index is 10.2. The van der Waals surface area contributed by atoms with Gasteiger partial charge in [0.1, 0.15) is 12.3 Å². The maximum absolute atomic E-state index is 10.2. The molecule has 0 saturated carbocycles. The Kier molecular flexibility index (Phi) is 8.05. The lowest BCUT2D eigenvalue weighted by Crippen LogP contribution is -2.49. The van der Waals surface area contributed by atoms with E-state index in [1.807, 2.05) is 11.9 Å². The largest absolute Gasteiger partial charge is 0.480 e. The van der Waals surface area contributed by atoms with E-state index in [-0.39, 0.29) is 6.04 Å². The van der Waals surface area contributed by atoms with Crippen LogP contribution in [0.5, 0.6) is 0 Å². The highest BCUT2D eigenvalue weighted by atomic mass is 16.4. The van der Waals surface area contributed by atoms with Gasteiger partial charge in [-0.1, -0.05) is 0 Å². The van der Waals surface area contributed by atoms with Gasteiger partial charge in [0.25, 0.3) is 0 Å². The van der Waals surface area contributed by atoms with E-state index in [2.05, 4.69) is 5.32 Å². The van der Waals surface area contributed by atoms with Crippen LogP contribution in [0.2, 0.25) is 0 Å². The molecule has 1 heterocycles. The Balaban J connectivity index is 0.000000281. The molecule has 6 nitrogen and oxygen atoms in total. The molecule has 0 aliphatic carbocycles. The van der Waals surface area contributed by atoms with Crippen molar-refractivity contribution in [2.75, 3.05) is 20.1 Å². The van der Waals surface area contributed by atoms with E-state index in [9.17, 15) is 14.4 Å². The summed E-state index contributed by atoms with van der Waals surface area (Å²) in [6.45, 7) is 1.53. The summed E-state index contributed by atoms with van der Waals surface area (Å²) < 4.78 is 0. The topological polar surface area (TPSA) is 86.7 Å². The number of nitrogens with zero attached hydrogens (tertiary/aromatic N) is 1. The predicted molar refractivity (Wildman–Crippen MR) is 58.0 cm³/mol. The van der Waals surface area contributed by atoms with Crippen molar-refractivity contribution in [1.82, 2.24) is 10.2 Å². The standard InChI is InChI=1S/2C5H9NO2/c1-6-3-2-4(6)5(7)8;7-4-2-1-3-6-5-8/h4H,2-3H2,1H3,(H,7,8);4-5H,1-3H2,(H,6,8)/t4-;/m0./s1. The molecule has 1 aliphatic heterocycles. The number of rotatable bonds is 6. The van der Waals surface area contributed by atoms with E-state index in [0.717, 1.165) is 25.7 Å². The number of likely N-dealkylation sites (tertiary alicyclic amines) is 1. The lowest BCUT2D eigenvalue weighted by atomic mass is 10.1. The summed E-state index contributed by atoms with van der Waals surface area (Å²) in [6.07, 6.45) is 3.55. The molecular formula is C10H18N2O4. The number of aliphatic carboxylic acids is 1. The molecule has 92 valence electrons. The van der Waals surface area contributed by atoms with Crippen LogP contribution in [0.25, 0.3) is 0 Å². The minimum Gasteiger partial charge on any atom is -0.480 e. The lowest BCUT2D eigenvalue weighted by molar-refractivity contribution is -0.147. The normalized spacial score (nSPS) is 18.7. The first kappa shape index (κ1) is 14.6. The van der Waals surface area contributed by atoms with Crippen molar-refractivity contribution in [3.05, 3.63) is 0 Å². The Morgan fingerprint density at radius 3 is 2.50 bits per heavy atom. The van der Waals surface area contributed by atoms with Crippen molar-refractivity contribution in [3.8, 4) is 0 Å². The second-order valence-corrected chi connectivity index (χ2v) is 3.50. The van der Waals surface area contributed by atoms with E-state index < -0.39 is 5.97 Å². The molecular weight excluding hydrogens is 212 g/mol. The minimum atomic E-state index is -0.696. The van der Waals surface area contributed by atoms with Gasteiger partial charge in [0, 0.05) is 19.5 Å². The van der Waals surface area contributed by atoms with Gasteiger partial charge in [-0.2, -0.15) is 0 Å². The number of aldehydes is 1. The van der Waals surface area contributed by atoms with Crippen molar-refractivity contribution in [2.45, 2.75) is 25.3 Å². The summed E-state index contributed by atoms with van der Waals surface area (Å²) in [4.78, 5) is 31.2. The fourth-order valence-electron chi connectivity index (χ4n) is 1.17. The summed E-state index contributed by atoms with van der Waals surface area (Å²) >= 11 is 0. The summed E-state index contributed by atoms with van der Waals surface area (Å²) in [7, 11) is 1.82. The zero-order valence-electron chi connectivity index (χ0n) is 9.39. The Morgan fingerprint density at radius 2 is 2.25 bits per heavy atom. The van der Waals surface area contributed by atoms with Gasteiger partial charge in [0.15, 0.2) is 0 Å². The van der Waals surface area contributed by atoms with Gasteiger partial charge < -0.3 is 15.2 Å². The molecule has 1 aliphatic rings. The van der Waals surface area contributed by atoms with Crippen LogP contribution in [0.4, 0.5) is 0 Å². The molecule has 1 rings (SSSR count). The summed E-state index contributed by atoms with van der Waals surface area (Å²) in [5.74, 6) is -0.696. The van der Waals surface area contributed by atoms with Crippen molar-refractivity contribution < 1.29 is 19.5 Å². The average molecular weight is 230 g/mol. The Morgan fingerprint density at radius 1 is 1.56 bits per heavy atom. The quantitative estimate of drug-likeness (QED) is 0.474. The first-order valence-electron chi connectivity index (χ1n) is 5.17. The highest BCUT2D eigenvalue weighted by Gasteiger charge is 2.30. The zero-order chi connectivity index (χ0) is 12.4. The van der Waals surface area contributed by atoms with E-state index in [1.54, 1.807) is 0 Å². The Labute approximate surface area is 94.6 Å². The van der Waals surface area contributed by atoms with Crippen LogP contribution in [0.3, 0.4) is 0 Å². The highest BCUT2D eigenvalue weighted by molar-refractivity contribution is 5.74. The van der Waals surface area contributed by atoms with E-state index in [0.29, 0.717) is 19.4 Å². The zero-order valence-corrected chi connectivity index (χ0v) is 9.39. The molecule has 6 heteroatoms. The second kappa shape index (κ2) is 8.84. The average Bonchev–Trinajstić information content (AvgIpc) is 2.22. The fourth-order valence-corrected chi connectivity index (χ4v) is 1.17. The smallest absolute Gasteiger partial charge is 0.320 e. The Bertz CT molecular complexity index is 223. The molecule has 0 bridgehead atoms. The molecule has 0 unspecified atom stereocenters. The number of unbranched alkanes of at least 4 members (excludes halogenated alkanes) is 1. The minimum absolute atomic E-state index is 0.199. The molecule has 16 heavy (non-hydrogen) atoms. The third-order valence-corrected chi connectivity index (χ3v) is 2.30. The number of carbonyl (C=O) groups excluding carboxylic acids is 2. The monoisotopic (exact) mass is 230 g/mol. The van der Waals surface area contributed by atoms with Gasteiger partial charge >= 0.3 is 5.97 Å². The molecule has 0 aromatic heterocycles. The molecule has 1 fully saturated rings. The van der Waals surface area contributed by atoms with Crippen LogP contribution < -0.4 is 5.32 Å². The van der Waals surface area contributed by atoms with Gasteiger partial charge in [0.05, 0.1) is 0 Å². The second-order valence-electron chi connectivity index (χ2n) is 3.50. The summed E-state index contributed by atoms with van der Waals surface area (Å²) in [5.41, 5.74) is 0. The van der Waals surface area contributed by atoms with Gasteiger partial charge in [-0.05, 0) is 19.9 Å². The number of likely N-dealkylation sites (N-methyl/N-ethyl adjacent to an activating group) is 1. The number of carbonyl (C=O) groups is 3. The molecule has 0 radical (unpaired) electrons. The molecule has 2 N–H and O–H groups in total. The first-order chi connectivity index (χ1) is 7.63. The van der Waals surface area contributed by atoms with Gasteiger partial charge in [0.2, 0.25) is 6.41 Å². The SMILES string of the molecule is CN1CC[C@H]1C(=O)O.O=CCCCNC=O. The van der Waals surface area contributed by atoms with E-state index >= 15 is 0 Å². The Hall–Kier alpha value is -1.43. The van der Waals surface area contributed by atoms with Gasteiger partial charge in [-0.15, -0.1) is 0 Å². The maximum Gasteiger partial charge on any atom is 0.320 e. The molecule has 0 aromatic rings. The van der Waals surface area contributed by atoms with Crippen molar-refractivity contribution in [1.29, 1.82) is 0 Å². The molecule has 0 aromatic carbocycles. The number of amides is 1. The van der Waals surface area contributed by atoms with Crippen molar-refractivity contribution in [2.24, 2.45) is 0 Å². The van der Waals surface area contributed by atoms with Gasteiger partial charge in [-0.3, -0.25) is 14.5 Å². The van der Waals surface area contributed by atoms with Gasteiger partial charge in [-0.25, -0.2) is 0 Å². The molecule has 1 saturated heterocycles. The van der Waals surface area contributed by atoms with Crippen LogP contribution in [-0.4, -0.2) is 54.9 Å². The number of hydrogen-bond acceptors (Lipinski definition) is 4. The first-order valence-corrected chi connectivity index (χ1v) is 5.17. The van der Waals surface area contributed by atoms with Crippen LogP contribution in [0, 0.1) is 0 Å². The molecule has 1 atom stereocenters. The predicted octanol–water partition coefficient (Wildman–Crippen LogP) is -0.513. The number of nitrogens with one attached hydrogen (secondary N) is 1. The number of carboxylic acid groups (broad SMARTS) is 1. The number of carboxylic acids is 1. The lowest BCUT2D eigenvalue weighted by Gasteiger charge is -2.33. The van der Waals surface area contributed by atoms with Crippen LogP contribution >= 0.6 is 0 Å². The van der Waals surface area contributed by atoms with Crippen LogP contribution in [-0.2, 0) is 14.4 Å². The molecule has 0 spiro atoms. The summed E-state index contributed by atoms with van der Waals surface area (Å²) in [5, 5.41) is 10.8. The third-order valence-electron chi connectivity index (χ3n) is 2.30. The third kappa shape index (κ3) is 6.13. The summed E-state index contributed by atoms with van der Waals surface area (Å²) in [6, 6.07) is -0.199. The van der Waals surface area contributed by atoms with E-state index in [1.165, 1.54) is 0 Å². The van der Waals surface area contributed by atoms with Crippen molar-refractivity contribution in [3.63, 3.8) is 0 Å². The van der Waals surface area contributed by atoms with E-state index in [4.69, 9.17) is 5.11 Å². The fraction of sp³-hybridized carbons (Fsp3) is 0.700.